The van der Waals surface area contributed by atoms with Crippen LogP contribution in [-0.2, 0) is 17.8 Å². The predicted molar refractivity (Wildman–Crippen MR) is 94.2 cm³/mol. The summed E-state index contributed by atoms with van der Waals surface area (Å²) in [5.74, 6) is 0.877. The number of hydrogen-bond acceptors (Lipinski definition) is 5. The minimum atomic E-state index is -0.157. The van der Waals surface area contributed by atoms with Crippen LogP contribution in [0, 0.1) is 0 Å². The van der Waals surface area contributed by atoms with E-state index in [1.807, 2.05) is 22.6 Å². The molecule has 3 aromatic heterocycles. The molecule has 1 aromatic carbocycles. The monoisotopic (exact) mass is 336 g/mol. The first-order chi connectivity index (χ1) is 11.6. The number of hydrogen-bond donors (Lipinski definition) is 0. The third-order valence-corrected chi connectivity index (χ3v) is 5.61. The van der Waals surface area contributed by atoms with Crippen LogP contribution in [0.3, 0.4) is 0 Å². The molecule has 0 bridgehead atoms. The summed E-state index contributed by atoms with van der Waals surface area (Å²) in [6, 6.07) is 10.2. The van der Waals surface area contributed by atoms with Gasteiger partial charge in [-0.2, -0.15) is 0 Å². The molecule has 0 saturated heterocycles. The molecule has 6 heteroatoms. The zero-order valence-electron chi connectivity index (χ0n) is 13.5. The lowest BCUT2D eigenvalue weighted by Gasteiger charge is -2.30. The quantitative estimate of drug-likeness (QED) is 0.530. The summed E-state index contributed by atoms with van der Waals surface area (Å²) < 4.78 is 7.96. The van der Waals surface area contributed by atoms with Gasteiger partial charge in [-0.1, -0.05) is 30.3 Å². The van der Waals surface area contributed by atoms with Crippen molar-refractivity contribution >= 4 is 27.2 Å². The highest BCUT2D eigenvalue weighted by Crippen LogP contribution is 2.40. The Morgan fingerprint density at radius 1 is 1.21 bits per heavy atom. The molecule has 4 heterocycles. The Hall–Kier alpha value is -2.31. The van der Waals surface area contributed by atoms with Crippen LogP contribution in [0.2, 0.25) is 0 Å². The number of ether oxygens (including phenoxy) is 1. The van der Waals surface area contributed by atoms with Gasteiger partial charge < -0.3 is 4.74 Å². The van der Waals surface area contributed by atoms with Gasteiger partial charge >= 0.3 is 0 Å². The Morgan fingerprint density at radius 2 is 2.04 bits per heavy atom. The molecule has 0 aliphatic carbocycles. The molecule has 0 N–H and O–H groups in total. The topological polar surface area (TPSA) is 52.3 Å². The van der Waals surface area contributed by atoms with Crippen LogP contribution in [0.4, 0.5) is 0 Å². The molecular formula is C18H16N4OS. The fraction of sp³-hybridized carbons (Fsp3) is 0.278. The van der Waals surface area contributed by atoms with Crippen LogP contribution in [0.5, 0.6) is 0 Å². The van der Waals surface area contributed by atoms with E-state index in [4.69, 9.17) is 9.72 Å². The first-order valence-electron chi connectivity index (χ1n) is 7.96. The van der Waals surface area contributed by atoms with Crippen LogP contribution in [0.15, 0.2) is 36.7 Å². The second-order valence-electron chi connectivity index (χ2n) is 6.74. The zero-order valence-corrected chi connectivity index (χ0v) is 14.3. The summed E-state index contributed by atoms with van der Waals surface area (Å²) in [6.45, 7) is 4.91. The van der Waals surface area contributed by atoms with Gasteiger partial charge in [0.25, 0.3) is 0 Å². The molecule has 1 aliphatic rings. The van der Waals surface area contributed by atoms with Gasteiger partial charge in [-0.05, 0) is 19.4 Å². The van der Waals surface area contributed by atoms with Crippen molar-refractivity contribution in [2.75, 3.05) is 0 Å². The van der Waals surface area contributed by atoms with Crippen molar-refractivity contribution in [3.05, 3.63) is 47.1 Å². The summed E-state index contributed by atoms with van der Waals surface area (Å²) >= 11 is 1.71. The Bertz CT molecular complexity index is 1060. The van der Waals surface area contributed by atoms with Gasteiger partial charge in [-0.25, -0.2) is 4.98 Å². The lowest BCUT2D eigenvalue weighted by atomic mass is 9.94. The fourth-order valence-electron chi connectivity index (χ4n) is 3.35. The molecule has 120 valence electrons. The summed E-state index contributed by atoms with van der Waals surface area (Å²) in [5, 5.41) is 9.68. The molecule has 0 amide bonds. The van der Waals surface area contributed by atoms with Crippen LogP contribution in [-0.4, -0.2) is 25.2 Å². The number of nitrogens with zero attached hydrogens (tertiary/aromatic N) is 4. The Labute approximate surface area is 142 Å². The van der Waals surface area contributed by atoms with Gasteiger partial charge in [0.15, 0.2) is 5.65 Å². The van der Waals surface area contributed by atoms with E-state index in [1.165, 1.54) is 10.4 Å². The molecule has 5 nitrogen and oxygen atoms in total. The first kappa shape index (κ1) is 14.1. The molecule has 0 spiro atoms. The van der Waals surface area contributed by atoms with E-state index >= 15 is 0 Å². The highest BCUT2D eigenvalue weighted by Gasteiger charge is 2.31. The van der Waals surface area contributed by atoms with Gasteiger partial charge in [0.1, 0.15) is 17.0 Å². The van der Waals surface area contributed by atoms with Crippen molar-refractivity contribution in [3.8, 4) is 11.4 Å². The second kappa shape index (κ2) is 4.84. The Kier molecular flexibility index (Phi) is 2.84. The maximum Gasteiger partial charge on any atom is 0.172 e. The van der Waals surface area contributed by atoms with E-state index in [2.05, 4.69) is 36.2 Å². The van der Waals surface area contributed by atoms with Gasteiger partial charge in [0.2, 0.25) is 0 Å². The molecule has 0 saturated carbocycles. The largest absolute Gasteiger partial charge is 0.370 e. The van der Waals surface area contributed by atoms with Crippen LogP contribution in [0.1, 0.15) is 24.3 Å². The SMILES string of the molecule is CC1(C)Cc2c(sc3nc(-c4ccccc4)n4cnnc4c23)CO1. The highest BCUT2D eigenvalue weighted by molar-refractivity contribution is 7.19. The fourth-order valence-corrected chi connectivity index (χ4v) is 4.45. The number of thiophene rings is 1. The number of fused-ring (bicyclic) bond motifs is 5. The zero-order chi connectivity index (χ0) is 16.3. The van der Waals surface area contributed by atoms with E-state index in [9.17, 15) is 0 Å². The van der Waals surface area contributed by atoms with E-state index in [-0.39, 0.29) is 5.60 Å². The molecule has 0 atom stereocenters. The molecule has 24 heavy (non-hydrogen) atoms. The van der Waals surface area contributed by atoms with Crippen LogP contribution < -0.4 is 0 Å². The van der Waals surface area contributed by atoms with Gasteiger partial charge in [-0.3, -0.25) is 4.40 Å². The number of aromatic nitrogens is 4. The average molecular weight is 336 g/mol. The lowest BCUT2D eigenvalue weighted by Crippen LogP contribution is -2.31. The average Bonchev–Trinajstić information content (AvgIpc) is 3.17. The Morgan fingerprint density at radius 3 is 2.88 bits per heavy atom. The molecule has 1 aliphatic heterocycles. The van der Waals surface area contributed by atoms with Crippen molar-refractivity contribution < 1.29 is 4.74 Å². The van der Waals surface area contributed by atoms with Crippen molar-refractivity contribution in [1.82, 2.24) is 19.6 Å². The smallest absolute Gasteiger partial charge is 0.172 e. The normalized spacial score (nSPS) is 16.6. The van der Waals surface area contributed by atoms with E-state index in [0.717, 1.165) is 33.7 Å². The van der Waals surface area contributed by atoms with E-state index in [1.54, 1.807) is 17.7 Å². The summed E-state index contributed by atoms with van der Waals surface area (Å²) in [6.07, 6.45) is 2.62. The third-order valence-electron chi connectivity index (χ3n) is 4.51. The van der Waals surface area contributed by atoms with Crippen molar-refractivity contribution in [3.63, 3.8) is 0 Å². The standard InChI is InChI=1S/C18H16N4OS/c1-18(2)8-12-13(9-23-18)24-17-14(12)16-21-19-10-22(16)15(20-17)11-6-4-3-5-7-11/h3-7,10H,8-9H2,1-2H3. The third kappa shape index (κ3) is 2.00. The summed E-state index contributed by atoms with van der Waals surface area (Å²) in [4.78, 5) is 7.22. The number of rotatable bonds is 1. The molecule has 4 aromatic rings. The van der Waals surface area contributed by atoms with Gasteiger partial charge in [0, 0.05) is 16.9 Å². The minimum absolute atomic E-state index is 0.157. The minimum Gasteiger partial charge on any atom is -0.370 e. The molecular weight excluding hydrogens is 320 g/mol. The van der Waals surface area contributed by atoms with Crippen molar-refractivity contribution in [2.24, 2.45) is 0 Å². The maximum atomic E-state index is 5.97. The molecule has 5 rings (SSSR count). The molecule has 0 radical (unpaired) electrons. The van der Waals surface area contributed by atoms with E-state index < -0.39 is 0 Å². The molecule has 0 fully saturated rings. The maximum absolute atomic E-state index is 5.97. The van der Waals surface area contributed by atoms with Crippen LogP contribution >= 0.6 is 11.3 Å². The number of benzene rings is 1. The van der Waals surface area contributed by atoms with E-state index in [0.29, 0.717) is 6.61 Å². The second-order valence-corrected chi connectivity index (χ2v) is 7.82. The highest BCUT2D eigenvalue weighted by atomic mass is 32.1. The van der Waals surface area contributed by atoms with Crippen molar-refractivity contribution in [1.29, 1.82) is 0 Å². The van der Waals surface area contributed by atoms with Crippen LogP contribution in [0.25, 0.3) is 27.3 Å². The first-order valence-corrected chi connectivity index (χ1v) is 8.77. The molecule has 0 unspecified atom stereocenters. The lowest BCUT2D eigenvalue weighted by molar-refractivity contribution is -0.0379. The Balaban J connectivity index is 1.85. The predicted octanol–water partition coefficient (Wildman–Crippen LogP) is 3.86. The van der Waals surface area contributed by atoms with Gasteiger partial charge in [-0.15, -0.1) is 21.5 Å². The summed E-state index contributed by atoms with van der Waals surface area (Å²) in [7, 11) is 0. The van der Waals surface area contributed by atoms with Gasteiger partial charge in [0.05, 0.1) is 17.6 Å². The van der Waals surface area contributed by atoms with Crippen molar-refractivity contribution in [2.45, 2.75) is 32.5 Å². The summed E-state index contributed by atoms with van der Waals surface area (Å²) in [5.41, 5.74) is 3.11.